The fourth-order valence-corrected chi connectivity index (χ4v) is 1.97. The van der Waals surface area contributed by atoms with Gasteiger partial charge in [-0.3, -0.25) is 10.1 Å². The first kappa shape index (κ1) is 11.9. The zero-order valence-electron chi connectivity index (χ0n) is 9.92. The van der Waals surface area contributed by atoms with E-state index in [9.17, 15) is 0 Å². The number of hydrogen-bond acceptors (Lipinski definition) is 3. The van der Waals surface area contributed by atoms with Crippen LogP contribution in [-0.2, 0) is 13.0 Å². The number of rotatable bonds is 4. The van der Waals surface area contributed by atoms with Gasteiger partial charge in [-0.15, -0.1) is 0 Å². The van der Waals surface area contributed by atoms with Crippen molar-refractivity contribution in [2.45, 2.75) is 26.8 Å². The van der Waals surface area contributed by atoms with Gasteiger partial charge < -0.3 is 5.32 Å². The summed E-state index contributed by atoms with van der Waals surface area (Å²) in [5.74, 6) is 0.907. The number of nitrogens with one attached hydrogen (secondary N) is 2. The second kappa shape index (κ2) is 5.19. The zero-order chi connectivity index (χ0) is 12.3. The van der Waals surface area contributed by atoms with E-state index >= 15 is 0 Å². The van der Waals surface area contributed by atoms with Crippen LogP contribution in [0.5, 0.6) is 0 Å². The van der Waals surface area contributed by atoms with Gasteiger partial charge in [0.15, 0.2) is 5.82 Å². The monoisotopic (exact) mass is 250 g/mol. The molecular weight excluding hydrogens is 236 g/mol. The van der Waals surface area contributed by atoms with Crippen LogP contribution in [0.3, 0.4) is 0 Å². The van der Waals surface area contributed by atoms with Gasteiger partial charge >= 0.3 is 0 Å². The molecule has 5 heteroatoms. The molecule has 2 aromatic rings. The standard InChI is InChI=1S/C12H15ClN4/c1-3-11-8(2)16-17-12(11)15-6-9-4-10(13)7-14-5-9/h4-5,7H,3,6H2,1-2H3,(H2,15,16,17). The van der Waals surface area contributed by atoms with Gasteiger partial charge in [0.25, 0.3) is 0 Å². The van der Waals surface area contributed by atoms with Crippen LogP contribution in [-0.4, -0.2) is 15.2 Å². The highest BCUT2D eigenvalue weighted by atomic mass is 35.5. The molecule has 4 nitrogen and oxygen atoms in total. The summed E-state index contributed by atoms with van der Waals surface area (Å²) in [6.45, 7) is 4.81. The van der Waals surface area contributed by atoms with Crippen LogP contribution >= 0.6 is 11.6 Å². The van der Waals surface area contributed by atoms with Crippen molar-refractivity contribution in [1.82, 2.24) is 15.2 Å². The van der Waals surface area contributed by atoms with E-state index in [4.69, 9.17) is 11.6 Å². The van der Waals surface area contributed by atoms with Gasteiger partial charge in [0.05, 0.1) is 5.02 Å². The van der Waals surface area contributed by atoms with Crippen LogP contribution in [0.15, 0.2) is 18.5 Å². The average molecular weight is 251 g/mol. The molecule has 0 saturated carbocycles. The Bertz CT molecular complexity index is 507. The van der Waals surface area contributed by atoms with E-state index in [-0.39, 0.29) is 0 Å². The Hall–Kier alpha value is -1.55. The number of aromatic nitrogens is 3. The number of pyridine rings is 1. The maximum atomic E-state index is 5.88. The van der Waals surface area contributed by atoms with Gasteiger partial charge in [-0.1, -0.05) is 18.5 Å². The lowest BCUT2D eigenvalue weighted by atomic mass is 10.2. The minimum atomic E-state index is 0.651. The maximum Gasteiger partial charge on any atom is 0.151 e. The molecule has 0 spiro atoms. The van der Waals surface area contributed by atoms with Crippen molar-refractivity contribution in [2.75, 3.05) is 5.32 Å². The van der Waals surface area contributed by atoms with Crippen LogP contribution in [0, 0.1) is 6.92 Å². The van der Waals surface area contributed by atoms with Crippen LogP contribution < -0.4 is 5.32 Å². The second-order valence-corrected chi connectivity index (χ2v) is 4.33. The molecule has 2 heterocycles. The van der Waals surface area contributed by atoms with E-state index in [2.05, 4.69) is 27.4 Å². The minimum absolute atomic E-state index is 0.651. The average Bonchev–Trinajstić information content (AvgIpc) is 2.67. The van der Waals surface area contributed by atoms with Crippen LogP contribution in [0.1, 0.15) is 23.7 Å². The molecule has 90 valence electrons. The van der Waals surface area contributed by atoms with E-state index in [1.54, 1.807) is 12.4 Å². The highest BCUT2D eigenvalue weighted by Crippen LogP contribution is 2.17. The molecular formula is C12H15ClN4. The number of aryl methyl sites for hydroxylation is 1. The molecule has 0 fully saturated rings. The molecule has 0 aliphatic heterocycles. The third-order valence-corrected chi connectivity index (χ3v) is 2.86. The summed E-state index contributed by atoms with van der Waals surface area (Å²) >= 11 is 5.88. The first-order chi connectivity index (χ1) is 8.20. The normalized spacial score (nSPS) is 10.5. The van der Waals surface area contributed by atoms with Crippen molar-refractivity contribution in [3.8, 4) is 0 Å². The van der Waals surface area contributed by atoms with Gasteiger partial charge in [-0.25, -0.2) is 0 Å². The minimum Gasteiger partial charge on any atom is -0.364 e. The molecule has 0 aliphatic rings. The van der Waals surface area contributed by atoms with Gasteiger partial charge in [0, 0.05) is 30.2 Å². The van der Waals surface area contributed by atoms with Crippen LogP contribution in [0.4, 0.5) is 5.82 Å². The molecule has 0 radical (unpaired) electrons. The summed E-state index contributed by atoms with van der Waals surface area (Å²) in [5, 5.41) is 11.2. The number of hydrogen-bond donors (Lipinski definition) is 2. The van der Waals surface area contributed by atoms with Gasteiger partial charge in [0.2, 0.25) is 0 Å². The number of aromatic amines is 1. The number of halogens is 1. The van der Waals surface area contributed by atoms with Crippen LogP contribution in [0.2, 0.25) is 5.02 Å². The molecule has 0 saturated heterocycles. The van der Waals surface area contributed by atoms with Crippen molar-refractivity contribution in [3.63, 3.8) is 0 Å². The predicted octanol–water partition coefficient (Wildman–Crippen LogP) is 2.94. The number of anilines is 1. The van der Waals surface area contributed by atoms with Gasteiger partial charge in [-0.2, -0.15) is 5.10 Å². The molecule has 2 rings (SSSR count). The third kappa shape index (κ3) is 2.77. The topological polar surface area (TPSA) is 53.6 Å². The molecule has 0 aromatic carbocycles. The lowest BCUT2D eigenvalue weighted by Crippen LogP contribution is -2.02. The molecule has 17 heavy (non-hydrogen) atoms. The molecule has 0 aliphatic carbocycles. The fourth-order valence-electron chi connectivity index (χ4n) is 1.77. The Kier molecular flexibility index (Phi) is 3.64. The van der Waals surface area contributed by atoms with Crippen molar-refractivity contribution < 1.29 is 0 Å². The molecule has 2 N–H and O–H groups in total. The summed E-state index contributed by atoms with van der Waals surface area (Å²) in [7, 11) is 0. The summed E-state index contributed by atoms with van der Waals surface area (Å²) in [4.78, 5) is 4.04. The lowest BCUT2D eigenvalue weighted by molar-refractivity contribution is 1.02. The summed E-state index contributed by atoms with van der Waals surface area (Å²) in [5.41, 5.74) is 3.37. The summed E-state index contributed by atoms with van der Waals surface area (Å²) in [6, 6.07) is 1.90. The highest BCUT2D eigenvalue weighted by Gasteiger charge is 2.07. The number of H-pyrrole nitrogens is 1. The van der Waals surface area contributed by atoms with Crippen molar-refractivity contribution >= 4 is 17.4 Å². The summed E-state index contributed by atoms with van der Waals surface area (Å²) in [6.07, 6.45) is 4.38. The molecule has 0 unspecified atom stereocenters. The Morgan fingerprint density at radius 1 is 1.41 bits per heavy atom. The Labute approximate surface area is 105 Å². The van der Waals surface area contributed by atoms with Crippen molar-refractivity contribution in [1.29, 1.82) is 0 Å². The van der Waals surface area contributed by atoms with E-state index in [1.165, 1.54) is 5.56 Å². The number of nitrogens with zero attached hydrogens (tertiary/aromatic N) is 2. The zero-order valence-corrected chi connectivity index (χ0v) is 10.7. The Balaban J connectivity index is 2.07. The van der Waals surface area contributed by atoms with Crippen molar-refractivity contribution in [3.05, 3.63) is 40.3 Å². The third-order valence-electron chi connectivity index (χ3n) is 2.65. The molecule has 0 bridgehead atoms. The SMILES string of the molecule is CCc1c(NCc2cncc(Cl)c2)n[nH]c1C. The first-order valence-corrected chi connectivity index (χ1v) is 5.95. The predicted molar refractivity (Wildman–Crippen MR) is 69.3 cm³/mol. The largest absolute Gasteiger partial charge is 0.364 e. The van der Waals surface area contributed by atoms with Gasteiger partial charge in [-0.05, 0) is 25.0 Å². The fraction of sp³-hybridized carbons (Fsp3) is 0.333. The van der Waals surface area contributed by atoms with E-state index in [0.717, 1.165) is 23.5 Å². The van der Waals surface area contributed by atoms with E-state index < -0.39 is 0 Å². The quantitative estimate of drug-likeness (QED) is 0.877. The Morgan fingerprint density at radius 2 is 2.24 bits per heavy atom. The second-order valence-electron chi connectivity index (χ2n) is 3.89. The van der Waals surface area contributed by atoms with Crippen LogP contribution in [0.25, 0.3) is 0 Å². The van der Waals surface area contributed by atoms with E-state index in [0.29, 0.717) is 11.6 Å². The Morgan fingerprint density at radius 3 is 2.94 bits per heavy atom. The first-order valence-electron chi connectivity index (χ1n) is 5.58. The highest BCUT2D eigenvalue weighted by molar-refractivity contribution is 6.30. The lowest BCUT2D eigenvalue weighted by Gasteiger charge is -2.05. The maximum absolute atomic E-state index is 5.88. The summed E-state index contributed by atoms with van der Waals surface area (Å²) < 4.78 is 0. The molecule has 0 amide bonds. The molecule has 0 atom stereocenters. The van der Waals surface area contributed by atoms with Crippen molar-refractivity contribution in [2.24, 2.45) is 0 Å². The van der Waals surface area contributed by atoms with E-state index in [1.807, 2.05) is 13.0 Å². The molecule has 2 aromatic heterocycles. The smallest absolute Gasteiger partial charge is 0.151 e. The van der Waals surface area contributed by atoms with Gasteiger partial charge in [0.1, 0.15) is 0 Å².